The molecule has 0 unspecified atom stereocenters. The highest BCUT2D eigenvalue weighted by Crippen LogP contribution is 2.10. The Labute approximate surface area is 98.2 Å². The van der Waals surface area contributed by atoms with E-state index in [0.717, 1.165) is 16.9 Å². The minimum absolute atomic E-state index is 0.704. The summed E-state index contributed by atoms with van der Waals surface area (Å²) in [6.07, 6.45) is 7.69. The molecule has 2 nitrogen and oxygen atoms in total. The third kappa shape index (κ3) is 5.87. The number of ether oxygens (including phenoxy) is 1. The molecular weight excluding hydrogens is 198 g/mol. The maximum absolute atomic E-state index is 8.61. The Morgan fingerprint density at radius 1 is 0.938 bits per heavy atom. The Morgan fingerprint density at radius 3 is 1.88 bits per heavy atom. The molecule has 0 N–H and O–H groups in total. The van der Waals surface area contributed by atoms with Gasteiger partial charge in [0.1, 0.15) is 0 Å². The lowest BCUT2D eigenvalue weighted by Crippen LogP contribution is -1.81. The number of rotatable bonds is 4. The summed E-state index contributed by atoms with van der Waals surface area (Å²) in [4.78, 5) is 0. The molecule has 0 aromatic heterocycles. The molecule has 16 heavy (non-hydrogen) atoms. The summed E-state index contributed by atoms with van der Waals surface area (Å²) >= 11 is 0. The van der Waals surface area contributed by atoms with Gasteiger partial charge in [-0.1, -0.05) is 12.2 Å². The van der Waals surface area contributed by atoms with Gasteiger partial charge in [0.15, 0.2) is 0 Å². The van der Waals surface area contributed by atoms with Gasteiger partial charge < -0.3 is 4.74 Å². The van der Waals surface area contributed by atoms with E-state index in [1.54, 1.807) is 14.0 Å². The summed E-state index contributed by atoms with van der Waals surface area (Å²) in [5.41, 5.74) is 2.99. The average Bonchev–Trinajstić information content (AvgIpc) is 2.31. The molecular formula is C14H19NO. The Balaban J connectivity index is 4.75. The van der Waals surface area contributed by atoms with Crippen molar-refractivity contribution in [3.8, 4) is 6.07 Å². The van der Waals surface area contributed by atoms with Crippen LogP contribution >= 0.6 is 0 Å². The smallest absolute Gasteiger partial charge is 0.0944 e. The van der Waals surface area contributed by atoms with Crippen molar-refractivity contribution in [1.82, 2.24) is 0 Å². The van der Waals surface area contributed by atoms with Crippen LogP contribution in [0.3, 0.4) is 0 Å². The highest BCUT2D eigenvalue weighted by Gasteiger charge is 1.91. The number of nitrogens with zero attached hydrogens (tertiary/aromatic N) is 1. The zero-order valence-corrected chi connectivity index (χ0v) is 10.7. The molecule has 0 aliphatic carbocycles. The van der Waals surface area contributed by atoms with Crippen molar-refractivity contribution in [1.29, 1.82) is 5.26 Å². The molecule has 86 valence electrons. The lowest BCUT2D eigenvalue weighted by molar-refractivity contribution is 0.294. The molecule has 0 rings (SSSR count). The molecule has 0 bridgehead atoms. The number of hydrogen-bond acceptors (Lipinski definition) is 2. The Bertz CT molecular complexity index is 389. The van der Waals surface area contributed by atoms with Crippen molar-refractivity contribution in [2.75, 3.05) is 7.11 Å². The van der Waals surface area contributed by atoms with E-state index in [0.29, 0.717) is 5.57 Å². The number of methoxy groups -OCH3 is 1. The van der Waals surface area contributed by atoms with Crippen LogP contribution in [0.1, 0.15) is 27.7 Å². The van der Waals surface area contributed by atoms with Crippen molar-refractivity contribution >= 4 is 0 Å². The van der Waals surface area contributed by atoms with E-state index in [1.165, 1.54) is 0 Å². The zero-order valence-electron chi connectivity index (χ0n) is 10.7. The standard InChI is InChI=1S/C14H19NO/c1-11(10-15)6-7-12(2)13(3)8-9-14(4)16-5/h6-9H,1-5H3. The van der Waals surface area contributed by atoms with Gasteiger partial charge in [0.25, 0.3) is 0 Å². The van der Waals surface area contributed by atoms with Crippen LogP contribution in [-0.4, -0.2) is 7.11 Å². The van der Waals surface area contributed by atoms with Gasteiger partial charge in [0.05, 0.1) is 18.9 Å². The Hall–Kier alpha value is -1.75. The van der Waals surface area contributed by atoms with Crippen LogP contribution < -0.4 is 0 Å². The topological polar surface area (TPSA) is 33.0 Å². The summed E-state index contributed by atoms with van der Waals surface area (Å²) < 4.78 is 5.04. The first-order valence-electron chi connectivity index (χ1n) is 5.16. The van der Waals surface area contributed by atoms with Crippen molar-refractivity contribution in [2.45, 2.75) is 27.7 Å². The summed E-state index contributed by atoms with van der Waals surface area (Å²) in [6.45, 7) is 7.74. The predicted molar refractivity (Wildman–Crippen MR) is 67.7 cm³/mol. The molecule has 0 fully saturated rings. The van der Waals surface area contributed by atoms with Crippen LogP contribution in [0.15, 0.2) is 46.8 Å². The van der Waals surface area contributed by atoms with Gasteiger partial charge in [-0.15, -0.1) is 0 Å². The maximum Gasteiger partial charge on any atom is 0.0944 e. The highest BCUT2D eigenvalue weighted by atomic mass is 16.5. The molecule has 0 aliphatic heterocycles. The largest absolute Gasteiger partial charge is 0.501 e. The van der Waals surface area contributed by atoms with Crippen LogP contribution in [0.25, 0.3) is 0 Å². The van der Waals surface area contributed by atoms with Crippen LogP contribution in [-0.2, 0) is 4.74 Å². The quantitative estimate of drug-likeness (QED) is 0.406. The second-order valence-electron chi connectivity index (χ2n) is 3.64. The summed E-state index contributed by atoms with van der Waals surface area (Å²) in [5, 5.41) is 8.61. The molecule has 0 amide bonds. The Kier molecular flexibility index (Phi) is 6.71. The van der Waals surface area contributed by atoms with Crippen LogP contribution in [0, 0.1) is 11.3 Å². The lowest BCUT2D eigenvalue weighted by atomic mass is 10.1. The monoisotopic (exact) mass is 217 g/mol. The fourth-order valence-electron chi connectivity index (χ4n) is 0.861. The third-order valence-electron chi connectivity index (χ3n) is 2.27. The van der Waals surface area contributed by atoms with Gasteiger partial charge in [-0.3, -0.25) is 0 Å². The molecule has 0 aromatic rings. The Morgan fingerprint density at radius 2 is 1.44 bits per heavy atom. The molecule has 0 atom stereocenters. The highest BCUT2D eigenvalue weighted by molar-refractivity contribution is 5.35. The van der Waals surface area contributed by atoms with Gasteiger partial charge in [0, 0.05) is 5.57 Å². The van der Waals surface area contributed by atoms with Crippen molar-refractivity contribution in [2.24, 2.45) is 0 Å². The molecule has 0 aromatic carbocycles. The molecule has 0 spiro atoms. The van der Waals surface area contributed by atoms with Gasteiger partial charge in [0.2, 0.25) is 0 Å². The first kappa shape index (κ1) is 14.2. The number of hydrogen-bond donors (Lipinski definition) is 0. The van der Waals surface area contributed by atoms with Crippen LogP contribution in [0.5, 0.6) is 0 Å². The van der Waals surface area contributed by atoms with E-state index in [4.69, 9.17) is 10.00 Å². The van der Waals surface area contributed by atoms with Gasteiger partial charge in [-0.25, -0.2) is 0 Å². The van der Waals surface area contributed by atoms with E-state index >= 15 is 0 Å². The minimum Gasteiger partial charge on any atom is -0.501 e. The summed E-state index contributed by atoms with van der Waals surface area (Å²) in [6, 6.07) is 2.08. The van der Waals surface area contributed by atoms with E-state index in [9.17, 15) is 0 Å². The molecule has 0 saturated carbocycles. The zero-order chi connectivity index (χ0) is 12.6. The fourth-order valence-corrected chi connectivity index (χ4v) is 0.861. The molecule has 0 heterocycles. The molecule has 2 heteroatoms. The van der Waals surface area contributed by atoms with Crippen LogP contribution in [0.4, 0.5) is 0 Å². The van der Waals surface area contributed by atoms with Crippen molar-refractivity contribution in [3.05, 3.63) is 46.8 Å². The number of nitriles is 1. The van der Waals surface area contributed by atoms with Crippen LogP contribution in [0.2, 0.25) is 0 Å². The van der Waals surface area contributed by atoms with Gasteiger partial charge >= 0.3 is 0 Å². The molecule has 0 aliphatic rings. The first-order chi connectivity index (χ1) is 7.51. The summed E-state index contributed by atoms with van der Waals surface area (Å²) in [7, 11) is 1.65. The fraction of sp³-hybridized carbons (Fsp3) is 0.357. The van der Waals surface area contributed by atoms with E-state index in [1.807, 2.05) is 45.1 Å². The normalized spacial score (nSPS) is 14.8. The average molecular weight is 217 g/mol. The van der Waals surface area contributed by atoms with E-state index < -0.39 is 0 Å². The van der Waals surface area contributed by atoms with Gasteiger partial charge in [-0.05, 0) is 51.0 Å². The van der Waals surface area contributed by atoms with Crippen molar-refractivity contribution in [3.63, 3.8) is 0 Å². The second kappa shape index (κ2) is 7.53. The minimum atomic E-state index is 0.704. The van der Waals surface area contributed by atoms with E-state index in [-0.39, 0.29) is 0 Å². The first-order valence-corrected chi connectivity index (χ1v) is 5.16. The molecule has 0 saturated heterocycles. The van der Waals surface area contributed by atoms with Crippen molar-refractivity contribution < 1.29 is 4.74 Å². The SMILES string of the molecule is COC(C)=CC=C(C)C(C)=CC=C(C)C#N. The number of allylic oxidation sites excluding steroid dienone is 8. The third-order valence-corrected chi connectivity index (χ3v) is 2.27. The maximum atomic E-state index is 8.61. The van der Waals surface area contributed by atoms with Gasteiger partial charge in [-0.2, -0.15) is 5.26 Å². The second-order valence-corrected chi connectivity index (χ2v) is 3.64. The molecule has 0 radical (unpaired) electrons. The summed E-state index contributed by atoms with van der Waals surface area (Å²) in [5.74, 6) is 0.871. The lowest BCUT2D eigenvalue weighted by Gasteiger charge is -2.00. The predicted octanol–water partition coefficient (Wildman–Crippen LogP) is 3.90. The van der Waals surface area contributed by atoms with E-state index in [2.05, 4.69) is 6.07 Å².